The van der Waals surface area contributed by atoms with Crippen LogP contribution in [0.25, 0.3) is 0 Å². The van der Waals surface area contributed by atoms with Crippen LogP contribution in [0.3, 0.4) is 0 Å². The minimum Gasteiger partial charge on any atom is -0.398 e. The molecule has 0 saturated carbocycles. The molecule has 1 saturated heterocycles. The van der Waals surface area contributed by atoms with Gasteiger partial charge in [-0.05, 0) is 31.5 Å². The number of nitrogens with zero attached hydrogens (tertiary/aromatic N) is 1. The summed E-state index contributed by atoms with van der Waals surface area (Å²) in [6.45, 7) is 3.53. The first-order valence-electron chi connectivity index (χ1n) is 5.49. The van der Waals surface area contributed by atoms with Crippen molar-refractivity contribution in [3.05, 3.63) is 28.8 Å². The van der Waals surface area contributed by atoms with Crippen molar-refractivity contribution in [1.29, 1.82) is 0 Å². The van der Waals surface area contributed by atoms with E-state index in [1.807, 2.05) is 0 Å². The molecule has 3 N–H and O–H groups in total. The summed E-state index contributed by atoms with van der Waals surface area (Å²) in [5.74, 6) is -0.249. The Morgan fingerprint density at radius 2 is 2.06 bits per heavy atom. The molecule has 1 aliphatic heterocycles. The predicted octanol–water partition coefficient (Wildman–Crippen LogP) is 1.75. The van der Waals surface area contributed by atoms with Crippen molar-refractivity contribution in [1.82, 2.24) is 10.2 Å². The second-order valence-electron chi connectivity index (χ2n) is 4.80. The monoisotopic (exact) mass is 267 g/mol. The average Bonchev–Trinajstić information content (AvgIpc) is 2.46. The Morgan fingerprint density at radius 3 is 2.56 bits per heavy atom. The molecule has 18 heavy (non-hydrogen) atoms. The van der Waals surface area contributed by atoms with E-state index in [9.17, 15) is 9.59 Å². The van der Waals surface area contributed by atoms with Gasteiger partial charge in [0.05, 0.1) is 17.3 Å². The van der Waals surface area contributed by atoms with Gasteiger partial charge >= 0.3 is 6.03 Å². The quantitative estimate of drug-likeness (QED) is 0.633. The highest BCUT2D eigenvalue weighted by atomic mass is 35.5. The molecule has 1 fully saturated rings. The van der Waals surface area contributed by atoms with Gasteiger partial charge in [0, 0.05) is 0 Å². The van der Waals surface area contributed by atoms with E-state index in [0.717, 1.165) is 5.56 Å². The molecule has 0 atom stereocenters. The molecule has 1 aromatic rings. The van der Waals surface area contributed by atoms with E-state index in [4.69, 9.17) is 17.3 Å². The van der Waals surface area contributed by atoms with Gasteiger partial charge in [-0.15, -0.1) is 0 Å². The highest BCUT2D eigenvalue weighted by Gasteiger charge is 2.43. The van der Waals surface area contributed by atoms with Gasteiger partial charge in [0.25, 0.3) is 5.91 Å². The van der Waals surface area contributed by atoms with Gasteiger partial charge in [-0.25, -0.2) is 4.79 Å². The number of carbonyl (C=O) groups is 2. The first-order chi connectivity index (χ1) is 8.31. The molecule has 1 aliphatic rings. The van der Waals surface area contributed by atoms with Crippen LogP contribution in [0.1, 0.15) is 19.4 Å². The number of benzene rings is 1. The van der Waals surface area contributed by atoms with E-state index < -0.39 is 11.6 Å². The van der Waals surface area contributed by atoms with Crippen LogP contribution in [-0.4, -0.2) is 22.4 Å². The lowest BCUT2D eigenvalue weighted by Gasteiger charge is -2.16. The largest absolute Gasteiger partial charge is 0.398 e. The third kappa shape index (κ3) is 2.13. The Morgan fingerprint density at radius 1 is 1.39 bits per heavy atom. The molecule has 0 radical (unpaired) electrons. The van der Waals surface area contributed by atoms with E-state index in [-0.39, 0.29) is 12.5 Å². The van der Waals surface area contributed by atoms with Crippen molar-refractivity contribution >= 4 is 29.2 Å². The van der Waals surface area contributed by atoms with E-state index in [0.29, 0.717) is 10.7 Å². The van der Waals surface area contributed by atoms with Crippen LogP contribution in [0.5, 0.6) is 0 Å². The fourth-order valence-electron chi connectivity index (χ4n) is 1.84. The minimum atomic E-state index is -0.852. The Balaban J connectivity index is 2.22. The molecule has 5 nitrogen and oxygen atoms in total. The van der Waals surface area contributed by atoms with Gasteiger partial charge in [0.15, 0.2) is 0 Å². The molecule has 0 aliphatic carbocycles. The Labute approximate surface area is 110 Å². The summed E-state index contributed by atoms with van der Waals surface area (Å²) in [6.07, 6.45) is 0. The lowest BCUT2D eigenvalue weighted by molar-refractivity contribution is -0.130. The Bertz CT molecular complexity index is 528. The SMILES string of the molecule is CC1(C)NC(=O)N(Cc2ccc(Cl)c(N)c2)C1=O. The Hall–Kier alpha value is -1.75. The van der Waals surface area contributed by atoms with Crippen LogP contribution in [0.4, 0.5) is 10.5 Å². The lowest BCUT2D eigenvalue weighted by atomic mass is 10.1. The molecule has 1 aromatic carbocycles. The van der Waals surface area contributed by atoms with Gasteiger partial charge in [-0.2, -0.15) is 0 Å². The maximum atomic E-state index is 12.0. The van der Waals surface area contributed by atoms with Crippen LogP contribution in [-0.2, 0) is 11.3 Å². The molecular weight excluding hydrogens is 254 g/mol. The molecule has 2 rings (SSSR count). The van der Waals surface area contributed by atoms with Gasteiger partial charge in [-0.1, -0.05) is 17.7 Å². The number of amides is 3. The highest BCUT2D eigenvalue weighted by molar-refractivity contribution is 6.33. The van der Waals surface area contributed by atoms with E-state index in [1.165, 1.54) is 4.90 Å². The molecular formula is C12H14ClN3O2. The number of hydrogen-bond donors (Lipinski definition) is 2. The number of imide groups is 1. The van der Waals surface area contributed by atoms with E-state index in [2.05, 4.69) is 5.32 Å². The van der Waals surface area contributed by atoms with Gasteiger partial charge < -0.3 is 11.1 Å². The Kier molecular flexibility index (Phi) is 2.94. The first kappa shape index (κ1) is 12.7. The normalized spacial score (nSPS) is 18.1. The number of urea groups is 1. The summed E-state index contributed by atoms with van der Waals surface area (Å²) in [5, 5.41) is 3.07. The van der Waals surface area contributed by atoms with Crippen molar-refractivity contribution < 1.29 is 9.59 Å². The zero-order valence-corrected chi connectivity index (χ0v) is 10.9. The van der Waals surface area contributed by atoms with Crippen molar-refractivity contribution in [2.45, 2.75) is 25.9 Å². The third-order valence-corrected chi connectivity index (χ3v) is 3.19. The summed E-state index contributed by atoms with van der Waals surface area (Å²) in [4.78, 5) is 24.8. The molecule has 0 bridgehead atoms. The van der Waals surface area contributed by atoms with Gasteiger partial charge in [0.2, 0.25) is 0 Å². The average molecular weight is 268 g/mol. The summed E-state index contributed by atoms with van der Waals surface area (Å²) >= 11 is 5.82. The third-order valence-electron chi connectivity index (χ3n) is 2.85. The zero-order chi connectivity index (χ0) is 13.5. The number of carbonyl (C=O) groups excluding carboxylic acids is 2. The minimum absolute atomic E-state index is 0.190. The van der Waals surface area contributed by atoms with Crippen LogP contribution < -0.4 is 11.1 Å². The van der Waals surface area contributed by atoms with Crippen molar-refractivity contribution in [3.8, 4) is 0 Å². The van der Waals surface area contributed by atoms with Crippen molar-refractivity contribution in [2.75, 3.05) is 5.73 Å². The predicted molar refractivity (Wildman–Crippen MR) is 69.0 cm³/mol. The van der Waals surface area contributed by atoms with Crippen LogP contribution in [0, 0.1) is 0 Å². The number of nitrogens with two attached hydrogens (primary N) is 1. The number of anilines is 1. The smallest absolute Gasteiger partial charge is 0.325 e. The molecule has 6 heteroatoms. The number of nitrogen functional groups attached to an aromatic ring is 1. The molecule has 0 aromatic heterocycles. The fraction of sp³-hybridized carbons (Fsp3) is 0.333. The molecule has 3 amide bonds. The number of hydrogen-bond acceptors (Lipinski definition) is 3. The molecule has 1 heterocycles. The van der Waals surface area contributed by atoms with E-state index >= 15 is 0 Å². The lowest BCUT2D eigenvalue weighted by Crippen LogP contribution is -2.40. The second kappa shape index (κ2) is 4.17. The fourth-order valence-corrected chi connectivity index (χ4v) is 1.95. The zero-order valence-electron chi connectivity index (χ0n) is 10.2. The topological polar surface area (TPSA) is 75.4 Å². The van der Waals surface area contributed by atoms with Gasteiger partial charge in [-0.3, -0.25) is 9.69 Å². The molecule has 96 valence electrons. The van der Waals surface area contributed by atoms with Crippen molar-refractivity contribution in [3.63, 3.8) is 0 Å². The van der Waals surface area contributed by atoms with Crippen molar-refractivity contribution in [2.24, 2.45) is 0 Å². The number of nitrogens with one attached hydrogen (secondary N) is 1. The molecule has 0 unspecified atom stereocenters. The van der Waals surface area contributed by atoms with E-state index in [1.54, 1.807) is 32.0 Å². The number of halogens is 1. The van der Waals surface area contributed by atoms with Crippen LogP contribution >= 0.6 is 11.6 Å². The standard InChI is InChI=1S/C12H14ClN3O2/c1-12(2)10(17)16(11(18)15-12)6-7-3-4-8(13)9(14)5-7/h3-5H,6,14H2,1-2H3,(H,15,18). The number of rotatable bonds is 2. The highest BCUT2D eigenvalue weighted by Crippen LogP contribution is 2.23. The summed E-state index contributed by atoms with van der Waals surface area (Å²) in [6, 6.07) is 4.66. The van der Waals surface area contributed by atoms with Crippen LogP contribution in [0.15, 0.2) is 18.2 Å². The summed E-state index contributed by atoms with van der Waals surface area (Å²) in [7, 11) is 0. The first-order valence-corrected chi connectivity index (χ1v) is 5.87. The maximum Gasteiger partial charge on any atom is 0.325 e. The van der Waals surface area contributed by atoms with Gasteiger partial charge in [0.1, 0.15) is 5.54 Å². The molecule has 0 spiro atoms. The summed E-state index contributed by atoms with van der Waals surface area (Å²) < 4.78 is 0. The second-order valence-corrected chi connectivity index (χ2v) is 5.21. The van der Waals surface area contributed by atoms with Crippen LogP contribution in [0.2, 0.25) is 5.02 Å². The summed E-state index contributed by atoms with van der Waals surface area (Å²) in [5.41, 5.74) is 6.02. The maximum absolute atomic E-state index is 12.0.